The van der Waals surface area contributed by atoms with Gasteiger partial charge in [-0.25, -0.2) is 4.98 Å². The maximum Gasteiger partial charge on any atom is 0.273 e. The van der Waals surface area contributed by atoms with Gasteiger partial charge in [-0.05, 0) is 38.4 Å². The van der Waals surface area contributed by atoms with Gasteiger partial charge in [0.05, 0.1) is 11.6 Å². The summed E-state index contributed by atoms with van der Waals surface area (Å²) in [5.41, 5.74) is 6.05. The van der Waals surface area contributed by atoms with Crippen LogP contribution in [0.3, 0.4) is 0 Å². The minimum absolute atomic E-state index is 0.00826. The van der Waals surface area contributed by atoms with E-state index >= 15 is 0 Å². The summed E-state index contributed by atoms with van der Waals surface area (Å²) in [7, 11) is 0. The SMILES string of the molecule is Cc1ccc(CN(C(=O)c2csc(CCN)n2)C2CC2)o1. The van der Waals surface area contributed by atoms with Gasteiger partial charge in [-0.1, -0.05) is 0 Å². The minimum Gasteiger partial charge on any atom is -0.464 e. The van der Waals surface area contributed by atoms with Crippen molar-refractivity contribution in [2.75, 3.05) is 6.54 Å². The number of nitrogens with zero attached hydrogens (tertiary/aromatic N) is 2. The van der Waals surface area contributed by atoms with Crippen molar-refractivity contribution in [2.45, 2.75) is 38.8 Å². The van der Waals surface area contributed by atoms with Gasteiger partial charge in [0.2, 0.25) is 0 Å². The molecule has 1 fully saturated rings. The Kier molecular flexibility index (Phi) is 4.07. The zero-order valence-corrected chi connectivity index (χ0v) is 12.9. The van der Waals surface area contributed by atoms with E-state index in [1.807, 2.05) is 29.3 Å². The number of aryl methyl sites for hydroxylation is 1. The number of thiazole rings is 1. The van der Waals surface area contributed by atoms with E-state index < -0.39 is 0 Å². The third-order valence-electron chi connectivity index (χ3n) is 3.50. The van der Waals surface area contributed by atoms with Gasteiger partial charge in [0.15, 0.2) is 0 Å². The first-order valence-electron chi connectivity index (χ1n) is 7.18. The second kappa shape index (κ2) is 5.99. The Morgan fingerprint density at radius 3 is 2.95 bits per heavy atom. The Labute approximate surface area is 127 Å². The molecule has 0 saturated heterocycles. The second-order valence-corrected chi connectivity index (χ2v) is 6.28. The molecule has 2 aromatic rings. The van der Waals surface area contributed by atoms with Crippen molar-refractivity contribution >= 4 is 17.2 Å². The lowest BCUT2D eigenvalue weighted by Gasteiger charge is -2.20. The summed E-state index contributed by atoms with van der Waals surface area (Å²) in [6.07, 6.45) is 2.84. The first-order valence-corrected chi connectivity index (χ1v) is 8.06. The number of carbonyl (C=O) groups is 1. The molecule has 0 aliphatic heterocycles. The Hall–Kier alpha value is -1.66. The molecule has 1 aliphatic carbocycles. The first kappa shape index (κ1) is 14.3. The predicted octanol–water partition coefficient (Wildman–Crippen LogP) is 2.35. The molecular weight excluding hydrogens is 286 g/mol. The van der Waals surface area contributed by atoms with Crippen LogP contribution in [0, 0.1) is 6.92 Å². The van der Waals surface area contributed by atoms with E-state index in [1.165, 1.54) is 11.3 Å². The fourth-order valence-electron chi connectivity index (χ4n) is 2.29. The molecule has 2 N–H and O–H groups in total. The van der Waals surface area contributed by atoms with Crippen LogP contribution in [0.15, 0.2) is 21.9 Å². The molecule has 1 saturated carbocycles. The standard InChI is InChI=1S/C15H19N3O2S/c1-10-2-5-12(20-10)8-18(11-3-4-11)15(19)13-9-21-14(17-13)6-7-16/h2,5,9,11H,3-4,6-8,16H2,1H3. The smallest absolute Gasteiger partial charge is 0.273 e. The molecular formula is C15H19N3O2S. The van der Waals surface area contributed by atoms with E-state index in [2.05, 4.69) is 4.98 Å². The quantitative estimate of drug-likeness (QED) is 0.889. The van der Waals surface area contributed by atoms with Crippen LogP contribution in [-0.2, 0) is 13.0 Å². The van der Waals surface area contributed by atoms with Crippen molar-refractivity contribution in [2.24, 2.45) is 5.73 Å². The molecule has 0 aromatic carbocycles. The van der Waals surface area contributed by atoms with Crippen LogP contribution in [0.25, 0.3) is 0 Å². The monoisotopic (exact) mass is 305 g/mol. The van der Waals surface area contributed by atoms with Crippen molar-refractivity contribution in [1.82, 2.24) is 9.88 Å². The van der Waals surface area contributed by atoms with Crippen molar-refractivity contribution < 1.29 is 9.21 Å². The zero-order valence-electron chi connectivity index (χ0n) is 12.0. The van der Waals surface area contributed by atoms with Crippen molar-refractivity contribution in [3.8, 4) is 0 Å². The van der Waals surface area contributed by atoms with Gasteiger partial charge in [0.1, 0.15) is 17.2 Å². The van der Waals surface area contributed by atoms with E-state index in [1.54, 1.807) is 0 Å². The fourth-order valence-corrected chi connectivity index (χ4v) is 3.07. The Morgan fingerprint density at radius 1 is 1.52 bits per heavy atom. The molecule has 2 aromatic heterocycles. The van der Waals surface area contributed by atoms with Crippen LogP contribution < -0.4 is 5.73 Å². The number of nitrogens with two attached hydrogens (primary N) is 1. The molecule has 0 unspecified atom stereocenters. The highest BCUT2D eigenvalue weighted by atomic mass is 32.1. The third-order valence-corrected chi connectivity index (χ3v) is 4.41. The molecule has 0 bridgehead atoms. The largest absolute Gasteiger partial charge is 0.464 e. The van der Waals surface area contributed by atoms with Gasteiger partial charge in [-0.2, -0.15) is 0 Å². The minimum atomic E-state index is -0.00826. The van der Waals surface area contributed by atoms with Crippen LogP contribution in [-0.4, -0.2) is 28.4 Å². The van der Waals surface area contributed by atoms with Crippen molar-refractivity contribution in [3.05, 3.63) is 39.7 Å². The van der Waals surface area contributed by atoms with Crippen LogP contribution in [0.5, 0.6) is 0 Å². The van der Waals surface area contributed by atoms with E-state index in [9.17, 15) is 4.79 Å². The Balaban J connectivity index is 1.74. The van der Waals surface area contributed by atoms with Crippen LogP contribution in [0.2, 0.25) is 0 Å². The average Bonchev–Trinajstić information content (AvgIpc) is 3.06. The summed E-state index contributed by atoms with van der Waals surface area (Å²) in [5, 5.41) is 2.75. The topological polar surface area (TPSA) is 72.4 Å². The van der Waals surface area contributed by atoms with Gasteiger partial charge in [-0.15, -0.1) is 11.3 Å². The number of carbonyl (C=O) groups excluding carboxylic acids is 1. The maximum atomic E-state index is 12.7. The number of rotatable bonds is 6. The molecule has 0 spiro atoms. The van der Waals surface area contributed by atoms with Crippen LogP contribution in [0.4, 0.5) is 0 Å². The summed E-state index contributed by atoms with van der Waals surface area (Å²) in [4.78, 5) is 18.9. The lowest BCUT2D eigenvalue weighted by molar-refractivity contribution is 0.0711. The van der Waals surface area contributed by atoms with E-state index in [-0.39, 0.29) is 5.91 Å². The van der Waals surface area contributed by atoms with E-state index in [0.29, 0.717) is 24.8 Å². The molecule has 0 atom stereocenters. The lowest BCUT2D eigenvalue weighted by atomic mass is 10.3. The summed E-state index contributed by atoms with van der Waals surface area (Å²) in [6.45, 7) is 2.98. The molecule has 112 valence electrons. The molecule has 1 aliphatic rings. The number of furan rings is 1. The van der Waals surface area contributed by atoms with Gasteiger partial charge in [0, 0.05) is 17.8 Å². The zero-order chi connectivity index (χ0) is 14.8. The summed E-state index contributed by atoms with van der Waals surface area (Å²) in [5.74, 6) is 1.68. The number of hydrogen-bond donors (Lipinski definition) is 1. The molecule has 3 rings (SSSR count). The van der Waals surface area contributed by atoms with Crippen molar-refractivity contribution in [3.63, 3.8) is 0 Å². The molecule has 0 radical (unpaired) electrons. The molecule has 2 heterocycles. The van der Waals surface area contributed by atoms with Gasteiger partial charge >= 0.3 is 0 Å². The number of hydrogen-bond acceptors (Lipinski definition) is 5. The maximum absolute atomic E-state index is 12.7. The fraction of sp³-hybridized carbons (Fsp3) is 0.467. The van der Waals surface area contributed by atoms with Gasteiger partial charge in [-0.3, -0.25) is 4.79 Å². The number of amides is 1. The molecule has 6 heteroatoms. The van der Waals surface area contributed by atoms with E-state index in [4.69, 9.17) is 10.2 Å². The van der Waals surface area contributed by atoms with Gasteiger partial charge < -0.3 is 15.1 Å². The molecule has 21 heavy (non-hydrogen) atoms. The summed E-state index contributed by atoms with van der Waals surface area (Å²) in [6, 6.07) is 4.17. The Morgan fingerprint density at radius 2 is 2.33 bits per heavy atom. The highest BCUT2D eigenvalue weighted by molar-refractivity contribution is 7.09. The van der Waals surface area contributed by atoms with Gasteiger partial charge in [0.25, 0.3) is 5.91 Å². The highest BCUT2D eigenvalue weighted by Crippen LogP contribution is 2.30. The third kappa shape index (κ3) is 3.33. The normalized spacial score (nSPS) is 14.4. The first-order chi connectivity index (χ1) is 10.2. The second-order valence-electron chi connectivity index (χ2n) is 5.34. The Bertz CT molecular complexity index is 630. The molecule has 5 nitrogen and oxygen atoms in total. The van der Waals surface area contributed by atoms with Crippen molar-refractivity contribution in [1.29, 1.82) is 0 Å². The predicted molar refractivity (Wildman–Crippen MR) is 81.2 cm³/mol. The lowest BCUT2D eigenvalue weighted by Crippen LogP contribution is -2.32. The summed E-state index contributed by atoms with van der Waals surface area (Å²) < 4.78 is 5.59. The average molecular weight is 305 g/mol. The van der Waals surface area contributed by atoms with E-state index in [0.717, 1.165) is 35.8 Å². The van der Waals surface area contributed by atoms with Crippen LogP contribution in [0.1, 0.15) is 39.9 Å². The van der Waals surface area contributed by atoms with Crippen LogP contribution >= 0.6 is 11.3 Å². The summed E-state index contributed by atoms with van der Waals surface area (Å²) >= 11 is 1.50. The number of aromatic nitrogens is 1. The molecule has 1 amide bonds. The highest BCUT2D eigenvalue weighted by Gasteiger charge is 2.34.